The molecule has 5 nitrogen and oxygen atoms in total. The van der Waals surface area contributed by atoms with Gasteiger partial charge in [-0.15, -0.1) is 0 Å². The lowest BCUT2D eigenvalue weighted by Crippen LogP contribution is -2.36. The third-order valence-corrected chi connectivity index (χ3v) is 5.41. The second-order valence-corrected chi connectivity index (χ2v) is 7.51. The number of ether oxygens (including phenoxy) is 1. The monoisotopic (exact) mass is 396 g/mol. The number of anilines is 1. The van der Waals surface area contributed by atoms with Crippen molar-refractivity contribution in [1.29, 1.82) is 0 Å². The van der Waals surface area contributed by atoms with Crippen molar-refractivity contribution in [3.63, 3.8) is 0 Å². The smallest absolute Gasteiger partial charge is 0.291 e. The molecule has 2 N–H and O–H groups in total. The molecule has 144 valence electrons. The molecule has 1 fully saturated rings. The number of fused-ring (bicyclic) bond motifs is 1. The van der Waals surface area contributed by atoms with E-state index >= 15 is 0 Å². The first-order valence-corrected chi connectivity index (χ1v) is 9.88. The second kappa shape index (κ2) is 8.07. The van der Waals surface area contributed by atoms with Gasteiger partial charge in [-0.05, 0) is 48.7 Å². The van der Waals surface area contributed by atoms with Crippen LogP contribution >= 0.6 is 11.6 Å². The third-order valence-electron chi connectivity index (χ3n) is 5.07. The maximum Gasteiger partial charge on any atom is 0.291 e. The van der Waals surface area contributed by atoms with Crippen LogP contribution in [0.2, 0.25) is 5.02 Å². The quantitative estimate of drug-likeness (QED) is 0.734. The van der Waals surface area contributed by atoms with Gasteiger partial charge in [-0.1, -0.05) is 49.1 Å². The summed E-state index contributed by atoms with van der Waals surface area (Å²) in [5.74, 6) is 0.144. The van der Waals surface area contributed by atoms with E-state index in [2.05, 4.69) is 10.6 Å². The summed E-state index contributed by atoms with van der Waals surface area (Å²) in [5, 5.41) is 6.41. The van der Waals surface area contributed by atoms with E-state index in [4.69, 9.17) is 16.3 Å². The van der Waals surface area contributed by atoms with Crippen molar-refractivity contribution in [2.24, 2.45) is 0 Å². The number of amides is 2. The molecule has 2 amide bonds. The van der Waals surface area contributed by atoms with Gasteiger partial charge >= 0.3 is 0 Å². The van der Waals surface area contributed by atoms with Gasteiger partial charge in [0, 0.05) is 16.6 Å². The zero-order valence-corrected chi connectivity index (χ0v) is 16.1. The molecule has 6 heteroatoms. The molecule has 0 spiro atoms. The van der Waals surface area contributed by atoms with Crippen molar-refractivity contribution < 1.29 is 14.3 Å². The summed E-state index contributed by atoms with van der Waals surface area (Å²) in [6.07, 6.45) is 7.18. The molecule has 2 aromatic carbocycles. The predicted octanol–water partition coefficient (Wildman–Crippen LogP) is 4.77. The second-order valence-electron chi connectivity index (χ2n) is 7.11. The van der Waals surface area contributed by atoms with E-state index < -0.39 is 0 Å². The van der Waals surface area contributed by atoms with E-state index in [0.717, 1.165) is 25.7 Å². The molecule has 0 saturated heterocycles. The van der Waals surface area contributed by atoms with Crippen LogP contribution < -0.4 is 15.4 Å². The number of hydrogen-bond donors (Lipinski definition) is 2. The van der Waals surface area contributed by atoms with Crippen molar-refractivity contribution in [1.82, 2.24) is 5.32 Å². The van der Waals surface area contributed by atoms with Gasteiger partial charge in [0.2, 0.25) is 0 Å². The van der Waals surface area contributed by atoms with Gasteiger partial charge in [-0.2, -0.15) is 0 Å². The van der Waals surface area contributed by atoms with Crippen LogP contribution in [0.15, 0.2) is 48.2 Å². The van der Waals surface area contributed by atoms with Gasteiger partial charge in [-0.3, -0.25) is 9.59 Å². The molecule has 0 bridgehead atoms. The zero-order valence-electron chi connectivity index (χ0n) is 15.3. The van der Waals surface area contributed by atoms with Gasteiger partial charge in [-0.25, -0.2) is 0 Å². The Morgan fingerprint density at radius 2 is 1.93 bits per heavy atom. The normalized spacial score (nSPS) is 18.2. The number of carbonyl (C=O) groups excluding carboxylic acids is 2. The van der Waals surface area contributed by atoms with Crippen molar-refractivity contribution in [3.8, 4) is 5.75 Å². The fraction of sp³-hybridized carbons (Fsp3) is 0.273. The van der Waals surface area contributed by atoms with E-state index in [1.165, 1.54) is 6.42 Å². The summed E-state index contributed by atoms with van der Waals surface area (Å²) in [4.78, 5) is 25.0. The molecule has 0 atom stereocenters. The SMILES string of the molecule is O=C1Nc2cc(C(=O)NC3CCCCC3)ccc2O/C1=C\c1ccccc1Cl. The van der Waals surface area contributed by atoms with Crippen LogP contribution in [-0.2, 0) is 4.79 Å². The number of halogens is 1. The Balaban J connectivity index is 1.52. The van der Waals surface area contributed by atoms with E-state index in [-0.39, 0.29) is 23.6 Å². The Hall–Kier alpha value is -2.79. The van der Waals surface area contributed by atoms with E-state index in [9.17, 15) is 9.59 Å². The minimum absolute atomic E-state index is 0.124. The zero-order chi connectivity index (χ0) is 19.5. The molecule has 2 aromatic rings. The van der Waals surface area contributed by atoms with Crippen molar-refractivity contribution >= 4 is 35.2 Å². The summed E-state index contributed by atoms with van der Waals surface area (Å²) in [6, 6.07) is 12.5. The molecular formula is C22H21ClN2O3. The Labute approximate surface area is 168 Å². The van der Waals surface area contributed by atoms with Crippen LogP contribution in [0, 0.1) is 0 Å². The van der Waals surface area contributed by atoms with E-state index in [0.29, 0.717) is 27.6 Å². The van der Waals surface area contributed by atoms with Crippen LogP contribution in [0.25, 0.3) is 6.08 Å². The highest BCUT2D eigenvalue weighted by atomic mass is 35.5. The lowest BCUT2D eigenvalue weighted by molar-refractivity contribution is -0.115. The first-order chi connectivity index (χ1) is 13.6. The van der Waals surface area contributed by atoms with Gasteiger partial charge in [0.15, 0.2) is 11.5 Å². The molecule has 1 aliphatic heterocycles. The summed E-state index contributed by atoms with van der Waals surface area (Å²) in [7, 11) is 0. The maximum atomic E-state index is 12.5. The average Bonchev–Trinajstić information content (AvgIpc) is 2.70. The average molecular weight is 397 g/mol. The van der Waals surface area contributed by atoms with E-state index in [1.807, 2.05) is 12.1 Å². The third kappa shape index (κ3) is 4.04. The molecule has 2 aliphatic rings. The van der Waals surface area contributed by atoms with Gasteiger partial charge in [0.25, 0.3) is 11.8 Å². The van der Waals surface area contributed by atoms with Gasteiger partial charge in [0.05, 0.1) is 5.69 Å². The first-order valence-electron chi connectivity index (χ1n) is 9.50. The van der Waals surface area contributed by atoms with Crippen LogP contribution in [-0.4, -0.2) is 17.9 Å². The topological polar surface area (TPSA) is 67.4 Å². The minimum atomic E-state index is -0.378. The number of carbonyl (C=O) groups is 2. The molecule has 1 saturated carbocycles. The lowest BCUT2D eigenvalue weighted by atomic mass is 9.95. The number of nitrogens with one attached hydrogen (secondary N) is 2. The Morgan fingerprint density at radius 3 is 2.71 bits per heavy atom. The van der Waals surface area contributed by atoms with Crippen molar-refractivity contribution in [2.75, 3.05) is 5.32 Å². The molecule has 28 heavy (non-hydrogen) atoms. The number of hydrogen-bond acceptors (Lipinski definition) is 3. The molecule has 0 radical (unpaired) electrons. The molecule has 1 heterocycles. The summed E-state index contributed by atoms with van der Waals surface area (Å²) < 4.78 is 5.75. The Kier molecular flexibility index (Phi) is 5.35. The van der Waals surface area contributed by atoms with Crippen molar-refractivity contribution in [3.05, 3.63) is 64.4 Å². The molecule has 4 rings (SSSR count). The highest BCUT2D eigenvalue weighted by Crippen LogP contribution is 2.33. The van der Waals surface area contributed by atoms with Crippen LogP contribution in [0.3, 0.4) is 0 Å². The van der Waals surface area contributed by atoms with Gasteiger partial charge in [0.1, 0.15) is 0 Å². The fourth-order valence-corrected chi connectivity index (χ4v) is 3.74. The molecule has 0 aromatic heterocycles. The summed E-state index contributed by atoms with van der Waals surface area (Å²) >= 11 is 6.15. The molecule has 0 unspecified atom stereocenters. The van der Waals surface area contributed by atoms with Crippen LogP contribution in [0.5, 0.6) is 5.75 Å². The minimum Gasteiger partial charge on any atom is -0.449 e. The number of benzene rings is 2. The van der Waals surface area contributed by atoms with Crippen LogP contribution in [0.4, 0.5) is 5.69 Å². The Morgan fingerprint density at radius 1 is 1.14 bits per heavy atom. The first kappa shape index (κ1) is 18.6. The molecular weight excluding hydrogens is 376 g/mol. The van der Waals surface area contributed by atoms with E-state index in [1.54, 1.807) is 36.4 Å². The summed E-state index contributed by atoms with van der Waals surface area (Å²) in [5.41, 5.74) is 1.69. The fourth-order valence-electron chi connectivity index (χ4n) is 3.55. The number of rotatable bonds is 3. The highest BCUT2D eigenvalue weighted by molar-refractivity contribution is 6.32. The maximum absolute atomic E-state index is 12.5. The highest BCUT2D eigenvalue weighted by Gasteiger charge is 2.24. The standard InChI is InChI=1S/C22H21ClN2O3/c23-17-9-5-4-6-14(17)13-20-22(27)25-18-12-15(10-11-19(18)28-20)21(26)24-16-7-2-1-3-8-16/h4-6,9-13,16H,1-3,7-8H2,(H,24,26)(H,25,27)/b20-13-. The predicted molar refractivity (Wildman–Crippen MR) is 109 cm³/mol. The molecule has 1 aliphatic carbocycles. The van der Waals surface area contributed by atoms with Crippen LogP contribution in [0.1, 0.15) is 48.0 Å². The Bertz CT molecular complexity index is 949. The van der Waals surface area contributed by atoms with Crippen molar-refractivity contribution in [2.45, 2.75) is 38.1 Å². The van der Waals surface area contributed by atoms with Gasteiger partial charge < -0.3 is 15.4 Å². The lowest BCUT2D eigenvalue weighted by Gasteiger charge is -2.24. The largest absolute Gasteiger partial charge is 0.449 e. The summed E-state index contributed by atoms with van der Waals surface area (Å²) in [6.45, 7) is 0.